The molecule has 0 radical (unpaired) electrons. The number of halogens is 2. The molecule has 17 heavy (non-hydrogen) atoms. The predicted molar refractivity (Wildman–Crippen MR) is 75.1 cm³/mol. The third-order valence-corrected chi connectivity index (χ3v) is 4.14. The fourth-order valence-electron chi connectivity index (χ4n) is 1.69. The lowest BCUT2D eigenvalue weighted by atomic mass is 10.0. The van der Waals surface area contributed by atoms with Gasteiger partial charge in [-0.1, -0.05) is 47.5 Å². The molecular weight excluding hydrogens is 274 g/mol. The fourth-order valence-corrected chi connectivity index (χ4v) is 2.70. The van der Waals surface area contributed by atoms with Gasteiger partial charge in [-0.25, -0.2) is 0 Å². The highest BCUT2D eigenvalue weighted by atomic mass is 35.5. The van der Waals surface area contributed by atoms with Crippen molar-refractivity contribution < 1.29 is 4.57 Å². The number of rotatable bonds is 3. The molecule has 2 aromatic carbocycles. The molecule has 0 N–H and O–H groups in total. The van der Waals surface area contributed by atoms with Crippen LogP contribution in [0.25, 0.3) is 0 Å². The molecule has 88 valence electrons. The van der Waals surface area contributed by atoms with Crippen LogP contribution in [0.15, 0.2) is 48.5 Å². The molecule has 1 unspecified atom stereocenters. The van der Waals surface area contributed by atoms with Gasteiger partial charge in [-0.15, -0.1) is 0 Å². The Labute approximate surface area is 112 Å². The molecule has 0 saturated carbocycles. The van der Waals surface area contributed by atoms with Gasteiger partial charge in [-0.05, 0) is 35.4 Å². The van der Waals surface area contributed by atoms with Crippen LogP contribution in [-0.4, -0.2) is 0 Å². The van der Waals surface area contributed by atoms with Gasteiger partial charge in [0.1, 0.15) is 0 Å². The first-order chi connectivity index (χ1) is 8.20. The van der Waals surface area contributed by atoms with Crippen molar-refractivity contribution in [1.82, 2.24) is 0 Å². The highest BCUT2D eigenvalue weighted by Gasteiger charge is 2.11. The molecule has 0 saturated heterocycles. The predicted octanol–water partition coefficient (Wildman–Crippen LogP) is 4.84. The first-order valence-corrected chi connectivity index (χ1v) is 7.06. The Hall–Kier alpha value is -0.750. The van der Waals surface area contributed by atoms with Crippen LogP contribution < -0.4 is 0 Å². The Kier molecular flexibility index (Phi) is 4.28. The van der Waals surface area contributed by atoms with E-state index in [2.05, 4.69) is 0 Å². The quantitative estimate of drug-likeness (QED) is 0.737. The Morgan fingerprint density at radius 2 is 1.12 bits per heavy atom. The average molecular weight is 285 g/mol. The molecule has 0 aromatic heterocycles. The van der Waals surface area contributed by atoms with E-state index in [1.54, 1.807) is 0 Å². The van der Waals surface area contributed by atoms with E-state index in [-0.39, 0.29) is 5.66 Å². The minimum atomic E-state index is -0.934. The van der Waals surface area contributed by atoms with Crippen LogP contribution in [0.3, 0.4) is 0 Å². The van der Waals surface area contributed by atoms with Crippen molar-refractivity contribution in [3.8, 4) is 0 Å². The topological polar surface area (TPSA) is 17.1 Å². The van der Waals surface area contributed by atoms with Crippen LogP contribution in [0.2, 0.25) is 10.0 Å². The van der Waals surface area contributed by atoms with Crippen molar-refractivity contribution in [3.63, 3.8) is 0 Å². The minimum absolute atomic E-state index is 0.0652. The Morgan fingerprint density at radius 1 is 0.765 bits per heavy atom. The zero-order valence-corrected chi connectivity index (χ0v) is 11.6. The van der Waals surface area contributed by atoms with E-state index in [9.17, 15) is 4.57 Å². The van der Waals surface area contributed by atoms with Gasteiger partial charge in [0.15, 0.2) is 0 Å². The molecule has 0 heterocycles. The minimum Gasteiger partial charge on any atom is -0.329 e. The van der Waals surface area contributed by atoms with E-state index in [1.807, 2.05) is 48.5 Å². The molecule has 2 rings (SSSR count). The number of benzene rings is 2. The summed E-state index contributed by atoms with van der Waals surface area (Å²) >= 11 is 11.7. The summed E-state index contributed by atoms with van der Waals surface area (Å²) in [6.45, 7) is 0. The Morgan fingerprint density at radius 3 is 1.41 bits per heavy atom. The maximum absolute atomic E-state index is 11.4. The zero-order chi connectivity index (χ0) is 12.3. The molecule has 1 atom stereocenters. The molecule has 0 spiro atoms. The highest BCUT2D eigenvalue weighted by molar-refractivity contribution is 7.24. The van der Waals surface area contributed by atoms with Crippen molar-refractivity contribution in [1.29, 1.82) is 0 Å². The fraction of sp³-hybridized carbons (Fsp3) is 0.0769. The van der Waals surface area contributed by atoms with E-state index < -0.39 is 8.46 Å². The van der Waals surface area contributed by atoms with Crippen LogP contribution in [-0.2, 0) is 4.57 Å². The van der Waals surface area contributed by atoms with Gasteiger partial charge < -0.3 is 4.57 Å². The number of hydrogen-bond donors (Lipinski definition) is 0. The molecule has 0 amide bonds. The Balaban J connectivity index is 2.36. The van der Waals surface area contributed by atoms with Crippen molar-refractivity contribution in [2.24, 2.45) is 0 Å². The summed E-state index contributed by atoms with van der Waals surface area (Å²) in [5.41, 5.74) is 1.97. The Bertz CT molecular complexity index is 462. The van der Waals surface area contributed by atoms with E-state index in [0.29, 0.717) is 10.0 Å². The van der Waals surface area contributed by atoms with E-state index in [4.69, 9.17) is 23.2 Å². The van der Waals surface area contributed by atoms with Crippen molar-refractivity contribution in [2.45, 2.75) is 5.66 Å². The maximum Gasteiger partial charge on any atom is 0.0759 e. The summed E-state index contributed by atoms with van der Waals surface area (Å²) in [5.74, 6) is 0. The molecule has 0 fully saturated rings. The zero-order valence-electron chi connectivity index (χ0n) is 8.94. The van der Waals surface area contributed by atoms with Crippen LogP contribution in [0, 0.1) is 0 Å². The van der Waals surface area contributed by atoms with E-state index in [1.165, 1.54) is 0 Å². The summed E-state index contributed by atoms with van der Waals surface area (Å²) in [6.07, 6.45) is 0. The van der Waals surface area contributed by atoms with Gasteiger partial charge >= 0.3 is 0 Å². The monoisotopic (exact) mass is 284 g/mol. The summed E-state index contributed by atoms with van der Waals surface area (Å²) in [7, 11) is -0.934. The normalized spacial score (nSPS) is 11.5. The standard InChI is InChI=1S/C13H11Cl2OP/c14-11-5-1-9(2-6-11)13(17-16)10-3-7-12(15)8-4-10/h1-8,13H,17H2. The van der Waals surface area contributed by atoms with E-state index >= 15 is 0 Å². The van der Waals surface area contributed by atoms with Crippen molar-refractivity contribution in [2.75, 3.05) is 0 Å². The van der Waals surface area contributed by atoms with Crippen LogP contribution in [0.4, 0.5) is 0 Å². The second-order valence-corrected chi connectivity index (χ2v) is 5.53. The lowest BCUT2D eigenvalue weighted by Crippen LogP contribution is -1.92. The van der Waals surface area contributed by atoms with Gasteiger partial charge in [0, 0.05) is 10.0 Å². The summed E-state index contributed by atoms with van der Waals surface area (Å²) < 4.78 is 11.4. The summed E-state index contributed by atoms with van der Waals surface area (Å²) in [5, 5.41) is 1.37. The van der Waals surface area contributed by atoms with E-state index in [0.717, 1.165) is 11.1 Å². The lowest BCUT2D eigenvalue weighted by molar-refractivity contribution is 0.595. The van der Waals surface area contributed by atoms with Gasteiger partial charge in [-0.2, -0.15) is 0 Å². The third-order valence-electron chi connectivity index (χ3n) is 2.59. The maximum atomic E-state index is 11.4. The average Bonchev–Trinajstić information content (AvgIpc) is 2.35. The highest BCUT2D eigenvalue weighted by Crippen LogP contribution is 2.35. The molecule has 0 aliphatic rings. The van der Waals surface area contributed by atoms with Crippen LogP contribution >= 0.6 is 31.7 Å². The lowest BCUT2D eigenvalue weighted by Gasteiger charge is -2.11. The van der Waals surface area contributed by atoms with Crippen molar-refractivity contribution >= 4 is 31.7 Å². The second kappa shape index (κ2) is 5.73. The first-order valence-electron chi connectivity index (χ1n) is 5.17. The van der Waals surface area contributed by atoms with Crippen molar-refractivity contribution in [3.05, 3.63) is 69.7 Å². The molecule has 4 heteroatoms. The largest absolute Gasteiger partial charge is 0.329 e. The first kappa shape index (κ1) is 12.7. The van der Waals surface area contributed by atoms with Gasteiger partial charge in [-0.3, -0.25) is 0 Å². The van der Waals surface area contributed by atoms with Crippen LogP contribution in [0.5, 0.6) is 0 Å². The molecule has 0 bridgehead atoms. The van der Waals surface area contributed by atoms with Gasteiger partial charge in [0.05, 0.1) is 14.1 Å². The molecule has 2 aromatic rings. The smallest absolute Gasteiger partial charge is 0.0759 e. The molecule has 0 aliphatic carbocycles. The SMILES string of the molecule is O=[PH2]C(c1ccc(Cl)cc1)c1ccc(Cl)cc1. The molecule has 1 nitrogen and oxygen atoms in total. The third kappa shape index (κ3) is 3.13. The summed E-state index contributed by atoms with van der Waals surface area (Å²) in [6, 6.07) is 14.9. The second-order valence-electron chi connectivity index (χ2n) is 3.72. The molecular formula is C13H11Cl2OP. The van der Waals surface area contributed by atoms with Gasteiger partial charge in [0.2, 0.25) is 0 Å². The van der Waals surface area contributed by atoms with Gasteiger partial charge in [0.25, 0.3) is 0 Å². The number of hydrogen-bond acceptors (Lipinski definition) is 1. The summed E-state index contributed by atoms with van der Waals surface area (Å²) in [4.78, 5) is 0. The molecule has 0 aliphatic heterocycles. The van der Waals surface area contributed by atoms with Crippen LogP contribution in [0.1, 0.15) is 16.8 Å².